The summed E-state index contributed by atoms with van der Waals surface area (Å²) in [6, 6.07) is 12.7. The van der Waals surface area contributed by atoms with Gasteiger partial charge in [-0.1, -0.05) is 62.6 Å². The van der Waals surface area contributed by atoms with Gasteiger partial charge in [-0.25, -0.2) is 19.7 Å². The number of aryl methyl sites for hydroxylation is 1. The van der Waals surface area contributed by atoms with Crippen molar-refractivity contribution in [1.82, 2.24) is 19.5 Å². The Bertz CT molecular complexity index is 1430. The molecule has 2 heterocycles. The third-order valence-electron chi connectivity index (χ3n) is 6.31. The topological polar surface area (TPSA) is 92.9 Å². The zero-order valence-corrected chi connectivity index (χ0v) is 21.5. The van der Waals surface area contributed by atoms with E-state index in [9.17, 15) is 23.1 Å². The lowest BCUT2D eigenvalue weighted by Gasteiger charge is -2.20. The van der Waals surface area contributed by atoms with Crippen LogP contribution in [0.2, 0.25) is 0 Å². The van der Waals surface area contributed by atoms with Crippen molar-refractivity contribution in [2.75, 3.05) is 5.32 Å². The van der Waals surface area contributed by atoms with E-state index in [1.54, 1.807) is 0 Å². The van der Waals surface area contributed by atoms with Crippen LogP contribution in [0.1, 0.15) is 66.8 Å². The fourth-order valence-corrected chi connectivity index (χ4v) is 4.55. The molecule has 2 aromatic carbocycles. The summed E-state index contributed by atoms with van der Waals surface area (Å²) in [7, 11) is 0. The number of aromatic nitrogens is 4. The average Bonchev–Trinajstić information content (AvgIpc) is 3.22. The van der Waals surface area contributed by atoms with E-state index in [-0.39, 0.29) is 24.1 Å². The molecule has 0 unspecified atom stereocenters. The molecule has 0 atom stereocenters. The molecule has 4 rings (SSSR count). The zero-order valence-electron chi connectivity index (χ0n) is 21.5. The largest absolute Gasteiger partial charge is 0.475 e. The fourth-order valence-electron chi connectivity index (χ4n) is 4.55. The van der Waals surface area contributed by atoms with Crippen LogP contribution in [0.4, 0.5) is 19.0 Å². The lowest BCUT2D eigenvalue weighted by molar-refractivity contribution is -0.137. The van der Waals surface area contributed by atoms with Gasteiger partial charge in [-0.3, -0.25) is 0 Å². The summed E-state index contributed by atoms with van der Waals surface area (Å²) in [5, 5.41) is 13.1. The molecule has 0 aliphatic carbocycles. The van der Waals surface area contributed by atoms with E-state index in [2.05, 4.69) is 29.1 Å². The van der Waals surface area contributed by atoms with Crippen LogP contribution in [-0.2, 0) is 12.7 Å². The maximum absolute atomic E-state index is 13.1. The molecule has 0 radical (unpaired) electrons. The fraction of sp³-hybridized carbons (Fsp3) is 0.357. The first-order chi connectivity index (χ1) is 18.1. The minimum atomic E-state index is -4.43. The molecule has 4 aromatic rings. The van der Waals surface area contributed by atoms with Crippen molar-refractivity contribution < 1.29 is 23.1 Å². The van der Waals surface area contributed by atoms with Gasteiger partial charge >= 0.3 is 12.1 Å². The van der Waals surface area contributed by atoms with Crippen LogP contribution in [0.5, 0.6) is 0 Å². The number of fused-ring (bicyclic) bond motifs is 1. The van der Waals surface area contributed by atoms with E-state index in [0.717, 1.165) is 48.9 Å². The summed E-state index contributed by atoms with van der Waals surface area (Å²) in [5.41, 5.74) is 2.37. The first-order valence-electron chi connectivity index (χ1n) is 12.6. The number of carboxylic acid groups (broad SMARTS) is 1. The number of imidazole rings is 1. The lowest BCUT2D eigenvalue weighted by atomic mass is 10.1. The summed E-state index contributed by atoms with van der Waals surface area (Å²) in [5.74, 6) is -0.780. The number of anilines is 1. The summed E-state index contributed by atoms with van der Waals surface area (Å²) >= 11 is 0. The van der Waals surface area contributed by atoms with Gasteiger partial charge in [-0.15, -0.1) is 0 Å². The number of nitrogens with zero attached hydrogens (tertiary/aromatic N) is 4. The van der Waals surface area contributed by atoms with Crippen LogP contribution >= 0.6 is 0 Å². The highest BCUT2D eigenvalue weighted by molar-refractivity contribution is 5.92. The highest BCUT2D eigenvalue weighted by atomic mass is 19.4. The van der Waals surface area contributed by atoms with Crippen LogP contribution < -0.4 is 5.32 Å². The Labute approximate surface area is 218 Å². The van der Waals surface area contributed by atoms with Gasteiger partial charge < -0.3 is 15.0 Å². The smallest absolute Gasteiger partial charge is 0.416 e. The van der Waals surface area contributed by atoms with E-state index in [1.165, 1.54) is 12.1 Å². The molecule has 0 saturated carbocycles. The minimum Gasteiger partial charge on any atom is -0.475 e. The van der Waals surface area contributed by atoms with E-state index in [0.29, 0.717) is 22.7 Å². The van der Waals surface area contributed by atoms with Crippen LogP contribution in [0.15, 0.2) is 48.5 Å². The molecule has 0 aliphatic heterocycles. The molecule has 2 aromatic heterocycles. The standard InChI is InChI=1S/C28H30F3N5O2/c1-4-7-21(8-5-2)32-23-22-24(34-25(33-23)27(37)38)35-26(19-10-6-9-17(3)15-19)36(22)16-18-11-13-20(14-12-18)28(29,30)31/h6,9-15,21H,4-5,7-8,16H2,1-3H3,(H,37,38)(H,32,33,34). The lowest BCUT2D eigenvalue weighted by Crippen LogP contribution is -2.21. The maximum Gasteiger partial charge on any atom is 0.416 e. The SMILES string of the molecule is CCCC(CCC)Nc1nc(C(=O)O)nc2nc(-c3cccc(C)c3)n(Cc3ccc(C(F)(F)F)cc3)c12. The van der Waals surface area contributed by atoms with Crippen molar-refractivity contribution in [3.63, 3.8) is 0 Å². The number of nitrogens with one attached hydrogen (secondary N) is 1. The number of rotatable bonds is 10. The molecule has 0 saturated heterocycles. The maximum atomic E-state index is 13.1. The molecule has 0 aliphatic rings. The van der Waals surface area contributed by atoms with Gasteiger partial charge in [0.25, 0.3) is 0 Å². The number of alkyl halides is 3. The predicted molar refractivity (Wildman–Crippen MR) is 140 cm³/mol. The quantitative estimate of drug-likeness (QED) is 0.233. The number of carboxylic acids is 1. The Balaban J connectivity index is 1.93. The summed E-state index contributed by atoms with van der Waals surface area (Å²) in [6.45, 7) is 6.29. The van der Waals surface area contributed by atoms with E-state index >= 15 is 0 Å². The number of halogens is 3. The Morgan fingerprint density at radius 1 is 1.03 bits per heavy atom. The van der Waals surface area contributed by atoms with Crippen LogP contribution in [0.3, 0.4) is 0 Å². The second-order valence-corrected chi connectivity index (χ2v) is 9.38. The van der Waals surface area contributed by atoms with Crippen molar-refractivity contribution in [2.24, 2.45) is 0 Å². The molecule has 10 heteroatoms. The van der Waals surface area contributed by atoms with E-state index < -0.39 is 17.7 Å². The molecule has 0 amide bonds. The highest BCUT2D eigenvalue weighted by Crippen LogP contribution is 2.32. The first-order valence-corrected chi connectivity index (χ1v) is 12.6. The van der Waals surface area contributed by atoms with Crippen molar-refractivity contribution >= 4 is 23.0 Å². The molecule has 0 bridgehead atoms. The van der Waals surface area contributed by atoms with Crippen molar-refractivity contribution in [2.45, 2.75) is 65.2 Å². The Kier molecular flexibility index (Phi) is 7.99. The van der Waals surface area contributed by atoms with Crippen molar-refractivity contribution in [1.29, 1.82) is 0 Å². The third-order valence-corrected chi connectivity index (χ3v) is 6.31. The third kappa shape index (κ3) is 5.95. The van der Waals surface area contributed by atoms with Gasteiger partial charge in [0.1, 0.15) is 11.3 Å². The minimum absolute atomic E-state index is 0.0570. The van der Waals surface area contributed by atoms with Gasteiger partial charge in [-0.05, 0) is 43.5 Å². The Morgan fingerprint density at radius 3 is 2.29 bits per heavy atom. The molecule has 0 spiro atoms. The van der Waals surface area contributed by atoms with Gasteiger partial charge in [0, 0.05) is 18.2 Å². The molecule has 38 heavy (non-hydrogen) atoms. The number of carbonyl (C=O) groups is 1. The number of hydrogen-bond donors (Lipinski definition) is 2. The average molecular weight is 526 g/mol. The molecule has 7 nitrogen and oxygen atoms in total. The second kappa shape index (κ2) is 11.2. The highest BCUT2D eigenvalue weighted by Gasteiger charge is 2.30. The normalized spacial score (nSPS) is 11.9. The monoisotopic (exact) mass is 525 g/mol. The summed E-state index contributed by atoms with van der Waals surface area (Å²) in [6.07, 6.45) is -0.855. The summed E-state index contributed by atoms with van der Waals surface area (Å²) in [4.78, 5) is 25.1. The van der Waals surface area contributed by atoms with Crippen molar-refractivity contribution in [3.8, 4) is 11.4 Å². The van der Waals surface area contributed by atoms with Gasteiger partial charge in [-0.2, -0.15) is 13.2 Å². The summed E-state index contributed by atoms with van der Waals surface area (Å²) < 4.78 is 41.3. The van der Waals surface area contributed by atoms with E-state index in [1.807, 2.05) is 35.8 Å². The van der Waals surface area contributed by atoms with Crippen molar-refractivity contribution in [3.05, 3.63) is 71.0 Å². The Hall–Kier alpha value is -3.95. The van der Waals surface area contributed by atoms with Crippen LogP contribution in [0, 0.1) is 6.92 Å². The number of hydrogen-bond acceptors (Lipinski definition) is 5. The molecule has 0 fully saturated rings. The number of aromatic carboxylic acids is 1. The molecule has 2 N–H and O–H groups in total. The second-order valence-electron chi connectivity index (χ2n) is 9.38. The van der Waals surface area contributed by atoms with Gasteiger partial charge in [0.05, 0.1) is 5.56 Å². The predicted octanol–water partition coefficient (Wildman–Crippen LogP) is 6.95. The Morgan fingerprint density at radius 2 is 1.71 bits per heavy atom. The van der Waals surface area contributed by atoms with Gasteiger partial charge in [0.2, 0.25) is 5.82 Å². The molecule has 200 valence electrons. The van der Waals surface area contributed by atoms with Gasteiger partial charge in [0.15, 0.2) is 11.5 Å². The number of benzene rings is 2. The zero-order chi connectivity index (χ0) is 27.4. The van der Waals surface area contributed by atoms with Crippen LogP contribution in [0.25, 0.3) is 22.6 Å². The first kappa shape index (κ1) is 27.1. The van der Waals surface area contributed by atoms with Crippen LogP contribution in [-0.4, -0.2) is 36.6 Å². The van der Waals surface area contributed by atoms with E-state index in [4.69, 9.17) is 4.98 Å². The molecular weight excluding hydrogens is 495 g/mol. The molecular formula is C28H30F3N5O2.